The number of carbonyl (C=O) groups excluding carboxylic acids is 5. The number of anilines is 5. The number of ketones is 1. The van der Waals surface area contributed by atoms with Crippen molar-refractivity contribution in [3.63, 3.8) is 0 Å². The number of aliphatic carboxylic acids is 1. The Bertz CT molecular complexity index is 3720. The number of halogens is 15. The fourth-order valence-corrected chi connectivity index (χ4v) is 8.97. The highest BCUT2D eigenvalue weighted by Crippen LogP contribution is 2.43. The maximum absolute atomic E-state index is 12.8. The molecule has 0 bridgehead atoms. The second-order valence-corrected chi connectivity index (χ2v) is 20.3. The third-order valence-electron chi connectivity index (χ3n) is 13.4. The van der Waals surface area contributed by atoms with Crippen LogP contribution in [0, 0.1) is 40.5 Å². The zero-order valence-electron chi connectivity index (χ0n) is 50.8. The third-order valence-corrected chi connectivity index (χ3v) is 13.4. The van der Waals surface area contributed by atoms with E-state index in [9.17, 15) is 135 Å². The van der Waals surface area contributed by atoms with Crippen molar-refractivity contribution in [3.8, 4) is 0 Å². The molecule has 4 aliphatic rings. The van der Waals surface area contributed by atoms with Gasteiger partial charge in [-0.2, -0.15) is 65.9 Å². The average molecular weight is 1430 g/mol. The number of carbonyl (C=O) groups is 6. The van der Waals surface area contributed by atoms with Gasteiger partial charge in [0, 0.05) is 114 Å². The molecule has 5 aromatic rings. The van der Waals surface area contributed by atoms with Crippen LogP contribution in [0.2, 0.25) is 0 Å². The molecular weight excluding hydrogens is 1380 g/mol. The Hall–Kier alpha value is -10.7. The van der Waals surface area contributed by atoms with E-state index in [1.165, 1.54) is 12.1 Å². The zero-order valence-corrected chi connectivity index (χ0v) is 50.8. The number of nitrogens with zero attached hydrogens (tertiary/aromatic N) is 7. The number of rotatable bonds is 12. The summed E-state index contributed by atoms with van der Waals surface area (Å²) in [5.74, 6) is -3.80. The Morgan fingerprint density at radius 3 is 1.14 bits per heavy atom. The smallest absolute Gasteiger partial charge is 0.423 e. The van der Waals surface area contributed by atoms with Gasteiger partial charge in [0.1, 0.15) is 28.0 Å². The Labute approximate surface area is 549 Å². The maximum Gasteiger partial charge on any atom is 0.423 e. The van der Waals surface area contributed by atoms with Gasteiger partial charge in [0.15, 0.2) is 0 Å². The van der Waals surface area contributed by atoms with Gasteiger partial charge in [-0.25, -0.2) is 0 Å². The van der Waals surface area contributed by atoms with E-state index >= 15 is 0 Å². The van der Waals surface area contributed by atoms with Crippen molar-refractivity contribution in [1.29, 1.82) is 0 Å². The molecule has 99 heavy (non-hydrogen) atoms. The van der Waals surface area contributed by atoms with Crippen molar-refractivity contribution in [2.45, 2.75) is 102 Å². The number of aliphatic hydroxyl groups is 1. The van der Waals surface area contributed by atoms with E-state index in [2.05, 4.69) is 4.74 Å². The number of aliphatic hydroxyl groups excluding tert-OH is 1. The highest BCUT2D eigenvalue weighted by molar-refractivity contribution is 6.19. The van der Waals surface area contributed by atoms with Gasteiger partial charge in [0.25, 0.3) is 22.7 Å². The van der Waals surface area contributed by atoms with E-state index in [1.807, 2.05) is 4.90 Å². The second-order valence-electron chi connectivity index (χ2n) is 20.3. The minimum absolute atomic E-state index is 0. The molecular formula is C57H54BF15N9O17. The van der Waals surface area contributed by atoms with Gasteiger partial charge < -0.3 is 36.2 Å². The van der Waals surface area contributed by atoms with Crippen LogP contribution in [0.25, 0.3) is 0 Å². The first-order chi connectivity index (χ1) is 45.3. The standard InChI is InChI=1S/C12H10F3NO5.C11H7F3N2O4.C11H11F3N2O2.C11H13F3N2.C7H5F3N2O2.C4H4O3.CH4O.B/c13-12(14,15)9-6-7(1-3-10(9)16(20)21)5-8(17)2-4-11(18)19;12-11(13,14)7-5-6(1-2-8(7)16(19)20)15-9(17)3-4-10(15)18;12-11(13,14)9-7-8(15-5-1-2-6-15)3-4-10(9)16(17)18;12-11(13,14)9-7-8(3-4-10(9)15)16-5-1-2-6-16;8-7(9,10)5-3-4(11)1-2-6(5)12(13)14;5-3-1-2-4(6)7-3;1-2;/h1,3,6H,2,4-5H2,(H,18,19);1-2,5H,3-4H2;3-4,7H,1-2,5-6H2;3-4,7H,1-2,5-6,15H2;1-3H,11H2;1-2H2;2H,1H3;. The number of benzene rings is 5. The predicted molar refractivity (Wildman–Crippen MR) is 317 cm³/mol. The van der Waals surface area contributed by atoms with Crippen LogP contribution in [-0.4, -0.2) is 107 Å². The number of carboxylic acid groups (broad SMARTS) is 1. The van der Waals surface area contributed by atoms with Crippen LogP contribution in [0.5, 0.6) is 0 Å². The largest absolute Gasteiger partial charge is 0.481 e. The predicted octanol–water partition coefficient (Wildman–Crippen LogP) is 12.2. The first-order valence-corrected chi connectivity index (χ1v) is 27.7. The summed E-state index contributed by atoms with van der Waals surface area (Å²) in [6.45, 7) is 3.02. The van der Waals surface area contributed by atoms with E-state index < -0.39 is 149 Å². The number of esters is 2. The van der Waals surface area contributed by atoms with Gasteiger partial charge in [-0.05, 0) is 91.9 Å². The van der Waals surface area contributed by atoms with Crippen LogP contribution in [-0.2, 0) is 70.8 Å². The number of nitrogen functional groups attached to an aromatic ring is 2. The Morgan fingerprint density at radius 2 is 0.788 bits per heavy atom. The monoisotopic (exact) mass is 1430 g/mol. The van der Waals surface area contributed by atoms with Gasteiger partial charge in [-0.1, -0.05) is 6.07 Å². The molecule has 0 saturated carbocycles. The number of hydrogen-bond acceptors (Lipinski definition) is 20. The molecule has 4 aliphatic heterocycles. The highest BCUT2D eigenvalue weighted by atomic mass is 19.4. The number of nitro benzene ring substituents is 4. The van der Waals surface area contributed by atoms with Gasteiger partial charge in [-0.3, -0.25) is 74.1 Å². The summed E-state index contributed by atoms with van der Waals surface area (Å²) in [4.78, 5) is 107. The number of imide groups is 1. The van der Waals surface area contributed by atoms with Gasteiger partial charge in [-0.15, -0.1) is 0 Å². The van der Waals surface area contributed by atoms with Crippen LogP contribution in [0.15, 0.2) is 91.0 Å². The highest BCUT2D eigenvalue weighted by Gasteiger charge is 2.43. The van der Waals surface area contributed by atoms with Gasteiger partial charge in [0.2, 0.25) is 11.8 Å². The first-order valence-electron chi connectivity index (χ1n) is 27.7. The number of ether oxygens (including phenoxy) is 1. The molecule has 537 valence electrons. The summed E-state index contributed by atoms with van der Waals surface area (Å²) in [5.41, 5.74) is 0.413. The second kappa shape index (κ2) is 36.0. The minimum Gasteiger partial charge on any atom is -0.481 e. The number of alkyl halides is 15. The topological polar surface area (TPSA) is 386 Å². The molecule has 9 rings (SSSR count). The quantitative estimate of drug-likeness (QED) is 0.0132. The number of cyclic esters (lactones) is 2. The number of amides is 2. The van der Waals surface area contributed by atoms with E-state index in [-0.39, 0.29) is 63.1 Å². The maximum atomic E-state index is 12.8. The van der Waals surface area contributed by atoms with Crippen molar-refractivity contribution in [3.05, 3.63) is 165 Å². The van der Waals surface area contributed by atoms with E-state index in [1.54, 1.807) is 11.0 Å². The molecule has 4 heterocycles. The first kappa shape index (κ1) is 84.4. The molecule has 5 aromatic carbocycles. The van der Waals surface area contributed by atoms with Gasteiger partial charge in [0.05, 0.1) is 50.2 Å². The van der Waals surface area contributed by atoms with Crippen LogP contribution in [0.4, 0.5) is 117 Å². The van der Waals surface area contributed by atoms with Crippen molar-refractivity contribution in [2.75, 3.05) is 59.5 Å². The van der Waals surface area contributed by atoms with Gasteiger partial charge >= 0.3 is 48.8 Å². The average Bonchev–Trinajstić information content (AvgIpc) is 1.79. The summed E-state index contributed by atoms with van der Waals surface area (Å²) in [5, 5.41) is 57.4. The lowest BCUT2D eigenvalue weighted by molar-refractivity contribution is -0.388. The lowest BCUT2D eigenvalue weighted by atomic mass is 10.0. The van der Waals surface area contributed by atoms with Crippen LogP contribution >= 0.6 is 0 Å². The van der Waals surface area contributed by atoms with E-state index in [0.717, 1.165) is 88.3 Å². The summed E-state index contributed by atoms with van der Waals surface area (Å²) in [7, 11) is 1.00. The van der Waals surface area contributed by atoms with Crippen molar-refractivity contribution in [1.82, 2.24) is 0 Å². The normalized spacial score (nSPS) is 14.3. The number of Topliss-reactive ketones (excluding diaryl/α,β-unsaturated/α-hetero) is 1. The molecule has 6 N–H and O–H groups in total. The molecule has 4 fully saturated rings. The fraction of sp³-hybridized carbons (Fsp3) is 0.368. The lowest BCUT2D eigenvalue weighted by Gasteiger charge is -2.20. The van der Waals surface area contributed by atoms with Crippen molar-refractivity contribution in [2.24, 2.45) is 0 Å². The molecule has 0 unspecified atom stereocenters. The Kier molecular flexibility index (Phi) is 30.7. The summed E-state index contributed by atoms with van der Waals surface area (Å²) < 4.78 is 193. The molecule has 0 spiro atoms. The molecule has 26 nitrogen and oxygen atoms in total. The van der Waals surface area contributed by atoms with Crippen LogP contribution < -0.4 is 26.2 Å². The molecule has 0 aliphatic carbocycles. The van der Waals surface area contributed by atoms with Crippen LogP contribution in [0.3, 0.4) is 0 Å². The molecule has 0 atom stereocenters. The van der Waals surface area contributed by atoms with E-state index in [0.29, 0.717) is 59.7 Å². The van der Waals surface area contributed by atoms with Crippen molar-refractivity contribution < 1.29 is 129 Å². The molecule has 2 amide bonds. The molecule has 4 saturated heterocycles. The van der Waals surface area contributed by atoms with Crippen LogP contribution in [0.1, 0.15) is 97.6 Å². The number of carboxylic acids is 1. The minimum atomic E-state index is -4.95. The number of nitrogens with two attached hydrogens (primary N) is 2. The fourth-order valence-electron chi connectivity index (χ4n) is 8.97. The SMILES string of the molecule is CO.Nc1ccc(N2CCCC2)cc1C(F)(F)F.Nc1ccc([N+](=O)[O-])c(C(F)(F)F)c1.O=C(O)CCC(=O)Cc1ccc([N+](=O)[O-])c(C(F)(F)F)c1.O=C1CCC(=O)N1c1ccc([N+](=O)[O-])c(C(F)(F)F)c1.O=C1CCC(=O)O1.O=[N+]([O-])c1ccc(N2CCCC2)cc1C(F)(F)F.[B]. The summed E-state index contributed by atoms with van der Waals surface area (Å²) >= 11 is 0. The summed E-state index contributed by atoms with van der Waals surface area (Å²) in [6, 6.07) is 13.9. The molecule has 42 heteroatoms. The Balaban J connectivity index is 0.000000409. The number of hydrogen-bond donors (Lipinski definition) is 4. The molecule has 3 radical (unpaired) electrons. The van der Waals surface area contributed by atoms with Crippen molar-refractivity contribution >= 4 is 95.1 Å². The zero-order chi connectivity index (χ0) is 74.6. The third kappa shape index (κ3) is 25.7. The van der Waals surface area contributed by atoms with E-state index in [4.69, 9.17) is 21.7 Å². The number of nitro groups is 4. The Morgan fingerprint density at radius 1 is 0.465 bits per heavy atom. The molecule has 0 aromatic heterocycles. The lowest BCUT2D eigenvalue weighted by Crippen LogP contribution is -2.29. The summed E-state index contributed by atoms with van der Waals surface area (Å²) in [6.07, 6.45) is -20.6.